The van der Waals surface area contributed by atoms with E-state index in [-0.39, 0.29) is 10.8 Å². The van der Waals surface area contributed by atoms with Crippen molar-refractivity contribution in [3.8, 4) is 17.2 Å². The third kappa shape index (κ3) is 5.66. The number of ether oxygens (including phenoxy) is 3. The Labute approximate surface area is 188 Å². The molecule has 1 fully saturated rings. The Bertz CT molecular complexity index is 925. The number of carboxylic acids is 1. The number of benzene rings is 2. The monoisotopic (exact) mass is 445 g/mol. The topological polar surface area (TPSA) is 77.0 Å². The minimum absolute atomic E-state index is 0.0196. The van der Waals surface area contributed by atoms with E-state index in [0.717, 1.165) is 16.9 Å². The predicted molar refractivity (Wildman–Crippen MR) is 124 cm³/mol. The summed E-state index contributed by atoms with van der Waals surface area (Å²) in [5.41, 5.74) is 3.15. The van der Waals surface area contributed by atoms with Crippen molar-refractivity contribution in [2.75, 3.05) is 26.1 Å². The van der Waals surface area contributed by atoms with Gasteiger partial charge in [0.1, 0.15) is 36.5 Å². The summed E-state index contributed by atoms with van der Waals surface area (Å²) >= 11 is 1.56. The quantitative estimate of drug-likeness (QED) is 0.577. The van der Waals surface area contributed by atoms with E-state index in [2.05, 4.69) is 38.2 Å². The van der Waals surface area contributed by atoms with Gasteiger partial charge in [0.15, 0.2) is 0 Å². The van der Waals surface area contributed by atoms with Gasteiger partial charge in [-0.3, -0.25) is 10.1 Å². The second-order valence-electron chi connectivity index (χ2n) is 8.57. The summed E-state index contributed by atoms with van der Waals surface area (Å²) < 4.78 is 17.5. The van der Waals surface area contributed by atoms with Crippen LogP contribution in [0.5, 0.6) is 17.2 Å². The zero-order chi connectivity index (χ0) is 22.6. The van der Waals surface area contributed by atoms with Crippen LogP contribution in [0.2, 0.25) is 0 Å². The Balaban J connectivity index is 1.69. The number of hydrogen-bond acceptors (Lipinski definition) is 6. The van der Waals surface area contributed by atoms with Crippen molar-refractivity contribution >= 4 is 17.7 Å². The lowest BCUT2D eigenvalue weighted by Gasteiger charge is -2.24. The van der Waals surface area contributed by atoms with E-state index in [1.165, 1.54) is 5.56 Å². The molecule has 7 heteroatoms. The summed E-state index contributed by atoms with van der Waals surface area (Å²) in [5.74, 6) is 1.93. The van der Waals surface area contributed by atoms with E-state index in [4.69, 9.17) is 14.2 Å². The number of carbonyl (C=O) groups is 1. The SMILES string of the molecule is COc1ccc(C2NC(C(=O)O)CS2)c(OCCOc2c(C)cccc2C(C)(C)C)c1. The molecular formula is C24H31NO5S. The standard InChI is InChI=1S/C24H31NO5S/c1-15-7-6-8-18(24(2,3)4)21(15)30-12-11-29-20-13-16(28-5)9-10-17(20)22-25-19(14-31-22)23(26)27/h6-10,13,19,22,25H,11-12,14H2,1-5H3,(H,26,27). The molecule has 2 N–H and O–H groups in total. The molecule has 2 atom stereocenters. The molecule has 2 unspecified atom stereocenters. The molecule has 2 aromatic rings. The number of methoxy groups -OCH3 is 1. The zero-order valence-electron chi connectivity index (χ0n) is 18.7. The van der Waals surface area contributed by atoms with Crippen LogP contribution in [0.4, 0.5) is 0 Å². The van der Waals surface area contributed by atoms with Gasteiger partial charge in [0.2, 0.25) is 0 Å². The number of nitrogens with one attached hydrogen (secondary N) is 1. The normalized spacial score (nSPS) is 18.6. The van der Waals surface area contributed by atoms with E-state index < -0.39 is 12.0 Å². The lowest BCUT2D eigenvalue weighted by molar-refractivity contribution is -0.138. The van der Waals surface area contributed by atoms with E-state index in [1.54, 1.807) is 18.9 Å². The van der Waals surface area contributed by atoms with Crippen molar-refractivity contribution in [3.63, 3.8) is 0 Å². The highest BCUT2D eigenvalue weighted by molar-refractivity contribution is 7.99. The van der Waals surface area contributed by atoms with Crippen molar-refractivity contribution in [2.45, 2.75) is 44.5 Å². The molecule has 1 heterocycles. The smallest absolute Gasteiger partial charge is 0.321 e. The van der Waals surface area contributed by atoms with Gasteiger partial charge in [-0.2, -0.15) is 0 Å². The van der Waals surface area contributed by atoms with Crippen LogP contribution in [-0.2, 0) is 10.2 Å². The van der Waals surface area contributed by atoms with E-state index in [9.17, 15) is 9.90 Å². The molecule has 0 aliphatic carbocycles. The first kappa shape index (κ1) is 23.3. The summed E-state index contributed by atoms with van der Waals surface area (Å²) in [6, 6.07) is 11.3. The summed E-state index contributed by atoms with van der Waals surface area (Å²) in [5, 5.41) is 12.3. The highest BCUT2D eigenvalue weighted by Gasteiger charge is 2.32. The minimum Gasteiger partial charge on any atom is -0.497 e. The predicted octanol–water partition coefficient (Wildman–Crippen LogP) is 4.55. The van der Waals surface area contributed by atoms with Crippen molar-refractivity contribution in [1.29, 1.82) is 0 Å². The van der Waals surface area contributed by atoms with Crippen LogP contribution in [0.1, 0.15) is 42.8 Å². The van der Waals surface area contributed by atoms with Gasteiger partial charge in [-0.15, -0.1) is 11.8 Å². The number of rotatable bonds is 8. The number of carboxylic acid groups (broad SMARTS) is 1. The Hall–Kier alpha value is -2.38. The van der Waals surface area contributed by atoms with Gasteiger partial charge in [-0.25, -0.2) is 0 Å². The van der Waals surface area contributed by atoms with Gasteiger partial charge >= 0.3 is 5.97 Å². The Kier molecular flexibility index (Phi) is 7.38. The van der Waals surface area contributed by atoms with Crippen molar-refractivity contribution in [3.05, 3.63) is 53.1 Å². The minimum atomic E-state index is -0.840. The molecular weight excluding hydrogens is 414 g/mol. The third-order valence-electron chi connectivity index (χ3n) is 5.19. The molecule has 0 spiro atoms. The summed E-state index contributed by atoms with van der Waals surface area (Å²) in [6.07, 6.45) is 0. The average Bonchev–Trinajstić information content (AvgIpc) is 3.21. The van der Waals surface area contributed by atoms with Crippen molar-refractivity contribution in [2.24, 2.45) is 0 Å². The van der Waals surface area contributed by atoms with Gasteiger partial charge in [0, 0.05) is 17.4 Å². The molecule has 31 heavy (non-hydrogen) atoms. The fourth-order valence-corrected chi connectivity index (χ4v) is 4.77. The van der Waals surface area contributed by atoms with E-state index in [0.29, 0.717) is 30.5 Å². The summed E-state index contributed by atoms with van der Waals surface area (Å²) in [6.45, 7) is 9.32. The van der Waals surface area contributed by atoms with Crippen LogP contribution in [0.3, 0.4) is 0 Å². The largest absolute Gasteiger partial charge is 0.497 e. The van der Waals surface area contributed by atoms with Gasteiger partial charge in [-0.1, -0.05) is 39.0 Å². The fraction of sp³-hybridized carbons (Fsp3) is 0.458. The highest BCUT2D eigenvalue weighted by atomic mass is 32.2. The van der Waals surface area contributed by atoms with E-state index >= 15 is 0 Å². The fourth-order valence-electron chi connectivity index (χ4n) is 3.51. The van der Waals surface area contributed by atoms with Crippen molar-refractivity contribution in [1.82, 2.24) is 5.32 Å². The third-order valence-corrected chi connectivity index (χ3v) is 6.44. The number of aliphatic carboxylic acids is 1. The molecule has 1 aliphatic rings. The maximum absolute atomic E-state index is 11.3. The first-order valence-electron chi connectivity index (χ1n) is 10.3. The number of thioether (sulfide) groups is 1. The molecule has 0 amide bonds. The van der Waals surface area contributed by atoms with Gasteiger partial charge in [-0.05, 0) is 35.6 Å². The maximum Gasteiger partial charge on any atom is 0.321 e. The Morgan fingerprint density at radius 3 is 2.58 bits per heavy atom. The molecule has 0 saturated carbocycles. The number of para-hydroxylation sites is 1. The zero-order valence-corrected chi connectivity index (χ0v) is 19.5. The van der Waals surface area contributed by atoms with Crippen LogP contribution in [-0.4, -0.2) is 43.2 Å². The van der Waals surface area contributed by atoms with E-state index in [1.807, 2.05) is 31.2 Å². The molecule has 2 aromatic carbocycles. The molecule has 1 aliphatic heterocycles. The Morgan fingerprint density at radius 1 is 1.19 bits per heavy atom. The second-order valence-corrected chi connectivity index (χ2v) is 9.71. The highest BCUT2D eigenvalue weighted by Crippen LogP contribution is 2.39. The van der Waals surface area contributed by atoms with Gasteiger partial charge < -0.3 is 19.3 Å². The number of aryl methyl sites for hydroxylation is 1. The second kappa shape index (κ2) is 9.83. The van der Waals surface area contributed by atoms with Crippen LogP contribution in [0.15, 0.2) is 36.4 Å². The Morgan fingerprint density at radius 2 is 1.94 bits per heavy atom. The van der Waals surface area contributed by atoms with Crippen LogP contribution >= 0.6 is 11.8 Å². The van der Waals surface area contributed by atoms with Crippen molar-refractivity contribution < 1.29 is 24.1 Å². The van der Waals surface area contributed by atoms with Crippen LogP contribution in [0.25, 0.3) is 0 Å². The van der Waals surface area contributed by atoms with Gasteiger partial charge in [0.25, 0.3) is 0 Å². The first-order chi connectivity index (χ1) is 14.7. The molecule has 3 rings (SSSR count). The molecule has 0 aromatic heterocycles. The van der Waals surface area contributed by atoms with Gasteiger partial charge in [0.05, 0.1) is 12.5 Å². The molecule has 168 valence electrons. The summed E-state index contributed by atoms with van der Waals surface area (Å²) in [4.78, 5) is 11.3. The summed E-state index contributed by atoms with van der Waals surface area (Å²) in [7, 11) is 1.61. The molecule has 6 nitrogen and oxygen atoms in total. The first-order valence-corrected chi connectivity index (χ1v) is 11.4. The number of hydrogen-bond donors (Lipinski definition) is 2. The molecule has 0 radical (unpaired) electrons. The maximum atomic E-state index is 11.3. The molecule has 1 saturated heterocycles. The van der Waals surface area contributed by atoms with Crippen LogP contribution in [0, 0.1) is 6.92 Å². The van der Waals surface area contributed by atoms with Crippen LogP contribution < -0.4 is 19.5 Å². The lowest BCUT2D eigenvalue weighted by atomic mass is 9.85. The molecule has 0 bridgehead atoms. The lowest BCUT2D eigenvalue weighted by Crippen LogP contribution is -2.33. The average molecular weight is 446 g/mol.